The Bertz CT molecular complexity index is 472. The molecule has 0 heterocycles. The number of hydrogen-bond donors (Lipinski definition) is 1. The molecule has 34 heavy (non-hydrogen) atoms. The third kappa shape index (κ3) is 9.42. The molecule has 3 fully saturated rings. The Morgan fingerprint density at radius 2 is 1.56 bits per heavy atom. The molecule has 3 aliphatic carbocycles. The second kappa shape index (κ2) is 20.0. The number of rotatable bonds is 6. The van der Waals surface area contributed by atoms with Gasteiger partial charge in [-0.2, -0.15) is 0 Å². The Hall–Kier alpha value is -0.0800. The van der Waals surface area contributed by atoms with Gasteiger partial charge in [-0.15, -0.1) is 11.6 Å². The van der Waals surface area contributed by atoms with Gasteiger partial charge in [0.05, 0.1) is 0 Å². The van der Waals surface area contributed by atoms with Crippen LogP contribution in [0, 0.1) is 40.4 Å². The highest BCUT2D eigenvalue weighted by atomic mass is 35.5. The summed E-state index contributed by atoms with van der Waals surface area (Å²) in [5.74, 6) is 5.08. The molecule has 3 saturated carbocycles. The fourth-order valence-corrected chi connectivity index (χ4v) is 7.83. The SMILES string of the molecule is C=O.CC.CCCC1C2CCC3CCCCCC3(C)C2CCC1(C)CCC(C)CC.CCl.CN. The van der Waals surface area contributed by atoms with E-state index in [1.807, 2.05) is 20.6 Å². The van der Waals surface area contributed by atoms with Crippen LogP contribution in [-0.4, -0.2) is 20.2 Å². The number of alkyl halides is 1. The van der Waals surface area contributed by atoms with Crippen LogP contribution in [-0.2, 0) is 4.79 Å². The van der Waals surface area contributed by atoms with Crippen LogP contribution in [0.25, 0.3) is 0 Å². The van der Waals surface area contributed by atoms with Crippen LogP contribution in [0.2, 0.25) is 0 Å². The largest absolute Gasteiger partial charge is 0.333 e. The highest BCUT2D eigenvalue weighted by Gasteiger charge is 2.55. The zero-order valence-electron chi connectivity index (χ0n) is 24.9. The van der Waals surface area contributed by atoms with E-state index in [2.05, 4.69) is 52.0 Å². The van der Waals surface area contributed by atoms with E-state index in [9.17, 15) is 0 Å². The van der Waals surface area contributed by atoms with Crippen molar-refractivity contribution in [2.45, 2.75) is 138 Å². The quantitative estimate of drug-likeness (QED) is 0.368. The Labute approximate surface area is 220 Å². The lowest BCUT2D eigenvalue weighted by molar-refractivity contribution is -0.105. The molecule has 0 aromatic carbocycles. The summed E-state index contributed by atoms with van der Waals surface area (Å²) < 4.78 is 0. The van der Waals surface area contributed by atoms with Crippen LogP contribution < -0.4 is 5.73 Å². The van der Waals surface area contributed by atoms with Crippen molar-refractivity contribution in [3.8, 4) is 0 Å². The first-order valence-corrected chi connectivity index (χ1v) is 15.4. The van der Waals surface area contributed by atoms with Gasteiger partial charge in [0, 0.05) is 6.38 Å². The molecular formula is C31H64ClNO. The molecule has 2 N–H and O–H groups in total. The zero-order chi connectivity index (χ0) is 26.8. The maximum atomic E-state index is 8.00. The first-order chi connectivity index (χ1) is 16.4. The van der Waals surface area contributed by atoms with Crippen molar-refractivity contribution in [1.82, 2.24) is 0 Å². The fourth-order valence-electron chi connectivity index (χ4n) is 7.83. The number of hydrogen-bond acceptors (Lipinski definition) is 2. The maximum Gasteiger partial charge on any atom is 0.106 e. The monoisotopic (exact) mass is 501 g/mol. The summed E-state index contributed by atoms with van der Waals surface area (Å²) in [6, 6.07) is 0. The van der Waals surface area contributed by atoms with Gasteiger partial charge in [0.15, 0.2) is 0 Å². The summed E-state index contributed by atoms with van der Waals surface area (Å²) in [7, 11) is 1.50. The van der Waals surface area contributed by atoms with E-state index in [1.54, 1.807) is 32.1 Å². The molecule has 0 saturated heterocycles. The molecule has 0 aromatic heterocycles. The number of halogens is 1. The minimum Gasteiger partial charge on any atom is -0.333 e. The van der Waals surface area contributed by atoms with E-state index in [0.29, 0.717) is 10.8 Å². The van der Waals surface area contributed by atoms with Crippen LogP contribution in [0.3, 0.4) is 0 Å². The molecule has 7 unspecified atom stereocenters. The number of carbonyl (C=O) groups excluding carboxylic acids is 1. The summed E-state index contributed by atoms with van der Waals surface area (Å²) in [4.78, 5) is 8.00. The van der Waals surface area contributed by atoms with Gasteiger partial charge in [-0.25, -0.2) is 0 Å². The predicted molar refractivity (Wildman–Crippen MR) is 156 cm³/mol. The summed E-state index contributed by atoms with van der Waals surface area (Å²) in [6.45, 7) is 18.7. The van der Waals surface area contributed by atoms with Crippen LogP contribution in [0.5, 0.6) is 0 Å². The highest BCUT2D eigenvalue weighted by Crippen LogP contribution is 2.64. The molecule has 0 aliphatic heterocycles. The molecule has 0 spiro atoms. The van der Waals surface area contributed by atoms with Gasteiger partial charge in [0.1, 0.15) is 6.79 Å². The molecule has 2 nitrogen and oxygen atoms in total. The molecule has 3 heteroatoms. The zero-order valence-corrected chi connectivity index (χ0v) is 25.6. The number of fused-ring (bicyclic) bond motifs is 3. The Morgan fingerprint density at radius 1 is 0.941 bits per heavy atom. The van der Waals surface area contributed by atoms with E-state index >= 15 is 0 Å². The molecule has 0 radical (unpaired) electrons. The molecule has 0 amide bonds. The Kier molecular flexibility index (Phi) is 21.3. The van der Waals surface area contributed by atoms with E-state index < -0.39 is 0 Å². The van der Waals surface area contributed by atoms with E-state index in [1.165, 1.54) is 71.2 Å². The normalized spacial score (nSPS) is 34.8. The summed E-state index contributed by atoms with van der Waals surface area (Å²) in [5, 5.41) is 0. The van der Waals surface area contributed by atoms with Crippen molar-refractivity contribution in [3.63, 3.8) is 0 Å². The lowest BCUT2D eigenvalue weighted by atomic mass is 9.45. The van der Waals surface area contributed by atoms with Crippen molar-refractivity contribution in [3.05, 3.63) is 0 Å². The molecule has 3 rings (SSSR count). The first kappa shape index (κ1) is 36.1. The highest BCUT2D eigenvalue weighted by molar-refractivity contribution is 6.15. The molecule has 7 atom stereocenters. The molecular weight excluding hydrogens is 438 g/mol. The smallest absolute Gasteiger partial charge is 0.106 e. The van der Waals surface area contributed by atoms with E-state index in [4.69, 9.17) is 4.79 Å². The van der Waals surface area contributed by atoms with Crippen molar-refractivity contribution in [2.75, 3.05) is 13.4 Å². The third-order valence-corrected chi connectivity index (χ3v) is 9.86. The Morgan fingerprint density at radius 3 is 2.12 bits per heavy atom. The van der Waals surface area contributed by atoms with Gasteiger partial charge in [0.2, 0.25) is 0 Å². The van der Waals surface area contributed by atoms with Crippen molar-refractivity contribution >= 4 is 18.4 Å². The van der Waals surface area contributed by atoms with Crippen molar-refractivity contribution in [2.24, 2.45) is 46.2 Å². The van der Waals surface area contributed by atoms with Gasteiger partial charge in [-0.05, 0) is 98.8 Å². The second-order valence-corrected chi connectivity index (χ2v) is 11.3. The van der Waals surface area contributed by atoms with E-state index in [0.717, 1.165) is 29.6 Å². The van der Waals surface area contributed by atoms with Crippen LogP contribution >= 0.6 is 11.6 Å². The summed E-state index contributed by atoms with van der Waals surface area (Å²) in [5.41, 5.74) is 5.82. The summed E-state index contributed by atoms with van der Waals surface area (Å²) in [6.07, 6.45) is 22.5. The van der Waals surface area contributed by atoms with Crippen LogP contribution in [0.4, 0.5) is 0 Å². The minimum absolute atomic E-state index is 0.633. The average molecular weight is 502 g/mol. The molecule has 3 aliphatic rings. The van der Waals surface area contributed by atoms with E-state index in [-0.39, 0.29) is 0 Å². The third-order valence-electron chi connectivity index (χ3n) is 9.86. The molecule has 0 bridgehead atoms. The van der Waals surface area contributed by atoms with Gasteiger partial charge in [-0.1, -0.05) is 87.0 Å². The summed E-state index contributed by atoms with van der Waals surface area (Å²) >= 11 is 4.64. The lowest BCUT2D eigenvalue weighted by Gasteiger charge is -2.60. The van der Waals surface area contributed by atoms with Crippen molar-refractivity contribution in [1.29, 1.82) is 0 Å². The average Bonchev–Trinajstić information content (AvgIpc) is 3.10. The van der Waals surface area contributed by atoms with Gasteiger partial charge >= 0.3 is 0 Å². The lowest BCUT2D eigenvalue weighted by Crippen LogP contribution is -2.52. The molecule has 206 valence electrons. The van der Waals surface area contributed by atoms with Gasteiger partial charge in [-0.3, -0.25) is 0 Å². The fraction of sp³-hybridized carbons (Fsp3) is 0.968. The van der Waals surface area contributed by atoms with Crippen molar-refractivity contribution < 1.29 is 4.79 Å². The standard InChI is InChI=1S/C26H48.C2H6.CH3Cl.CH5N.CH2O/c1-6-11-23-22-14-13-21-12-9-8-10-17-26(21,5)24(22)16-19-25(23,4)18-15-20(3)7-2;4*1-2/h20-24H,6-19H2,1-5H3;1-2H3;1H3;2H2,1H3;1H2. The number of carbonyl (C=O) groups is 1. The second-order valence-electron chi connectivity index (χ2n) is 11.3. The minimum atomic E-state index is 0.633. The first-order valence-electron chi connectivity index (χ1n) is 14.7. The molecule has 0 aromatic rings. The Balaban J connectivity index is 0. The van der Waals surface area contributed by atoms with Crippen LogP contribution in [0.1, 0.15) is 138 Å². The van der Waals surface area contributed by atoms with Gasteiger partial charge in [0.25, 0.3) is 0 Å². The maximum absolute atomic E-state index is 8.00. The topological polar surface area (TPSA) is 43.1 Å². The number of nitrogens with two attached hydrogens (primary N) is 1. The van der Waals surface area contributed by atoms with Crippen LogP contribution in [0.15, 0.2) is 0 Å². The predicted octanol–water partition coefficient (Wildman–Crippen LogP) is 9.91. The van der Waals surface area contributed by atoms with Gasteiger partial charge < -0.3 is 10.5 Å².